The van der Waals surface area contributed by atoms with Gasteiger partial charge in [-0.25, -0.2) is 14.3 Å². The molecule has 2 amide bonds. The minimum atomic E-state index is -1.15. The molecule has 180 valence electrons. The Morgan fingerprint density at radius 2 is 1.74 bits per heavy atom. The van der Waals surface area contributed by atoms with Gasteiger partial charge in [0.15, 0.2) is 5.69 Å². The number of carbonyl (C=O) groups is 3. The molecule has 2 aromatic carbocycles. The number of alkyl carbamates (subject to hydrolysis) is 1. The van der Waals surface area contributed by atoms with Crippen LogP contribution in [0.25, 0.3) is 11.1 Å². The van der Waals surface area contributed by atoms with Crippen molar-refractivity contribution in [2.75, 3.05) is 20.2 Å². The summed E-state index contributed by atoms with van der Waals surface area (Å²) in [6, 6.07) is 16.3. The third-order valence-corrected chi connectivity index (χ3v) is 6.78. The first-order chi connectivity index (χ1) is 16.9. The number of hydrogen-bond donors (Lipinski definition) is 2. The van der Waals surface area contributed by atoms with E-state index in [1.807, 2.05) is 24.3 Å². The van der Waals surface area contributed by atoms with Crippen molar-refractivity contribution in [1.29, 1.82) is 0 Å². The van der Waals surface area contributed by atoms with E-state index < -0.39 is 23.5 Å². The zero-order valence-electron chi connectivity index (χ0n) is 19.2. The summed E-state index contributed by atoms with van der Waals surface area (Å²) in [5, 5.41) is 19.8. The number of amides is 2. The number of aliphatic carboxylic acids is 1. The van der Waals surface area contributed by atoms with Gasteiger partial charge in [-0.1, -0.05) is 53.7 Å². The largest absolute Gasteiger partial charge is 0.479 e. The Bertz CT molecular complexity index is 1250. The number of benzene rings is 2. The highest BCUT2D eigenvalue weighted by atomic mass is 16.5. The lowest BCUT2D eigenvalue weighted by molar-refractivity contribution is -0.143. The number of likely N-dealkylation sites (N-methyl/N-ethyl adjacent to an activating group) is 1. The van der Waals surface area contributed by atoms with E-state index in [-0.39, 0.29) is 31.3 Å². The molecule has 10 heteroatoms. The molecule has 1 aromatic heterocycles. The first-order valence-corrected chi connectivity index (χ1v) is 11.4. The van der Waals surface area contributed by atoms with Crippen LogP contribution in [0.15, 0.2) is 54.7 Å². The molecule has 5 rings (SSSR count). The molecule has 0 radical (unpaired) electrons. The Balaban J connectivity index is 1.12. The number of hydrogen-bond acceptors (Lipinski definition) is 6. The van der Waals surface area contributed by atoms with E-state index >= 15 is 0 Å². The van der Waals surface area contributed by atoms with Crippen molar-refractivity contribution in [1.82, 2.24) is 25.2 Å². The minimum Gasteiger partial charge on any atom is -0.479 e. The monoisotopic (exact) mass is 475 g/mol. The Kier molecular flexibility index (Phi) is 5.72. The average Bonchev–Trinajstić information content (AvgIpc) is 3.45. The zero-order chi connectivity index (χ0) is 24.6. The molecule has 0 unspecified atom stereocenters. The van der Waals surface area contributed by atoms with Crippen molar-refractivity contribution in [3.05, 3.63) is 71.5 Å². The van der Waals surface area contributed by atoms with Gasteiger partial charge in [0.25, 0.3) is 5.91 Å². The smallest absolute Gasteiger partial charge is 0.407 e. The van der Waals surface area contributed by atoms with Gasteiger partial charge in [0.05, 0.1) is 12.7 Å². The number of carboxylic acids is 1. The molecule has 0 bridgehead atoms. The van der Waals surface area contributed by atoms with E-state index in [1.54, 1.807) is 0 Å². The van der Waals surface area contributed by atoms with E-state index in [9.17, 15) is 19.5 Å². The third-order valence-electron chi connectivity index (χ3n) is 6.78. The molecule has 0 saturated heterocycles. The van der Waals surface area contributed by atoms with E-state index in [0.29, 0.717) is 12.8 Å². The van der Waals surface area contributed by atoms with E-state index in [2.05, 4.69) is 39.9 Å². The van der Waals surface area contributed by atoms with Crippen molar-refractivity contribution in [2.24, 2.45) is 0 Å². The van der Waals surface area contributed by atoms with Crippen molar-refractivity contribution >= 4 is 18.0 Å². The molecular weight excluding hydrogens is 450 g/mol. The predicted molar refractivity (Wildman–Crippen MR) is 125 cm³/mol. The highest BCUT2D eigenvalue weighted by Gasteiger charge is 2.56. The van der Waals surface area contributed by atoms with E-state index in [4.69, 9.17) is 4.74 Å². The Labute approximate surface area is 201 Å². The number of rotatable bonds is 8. The first kappa shape index (κ1) is 22.6. The lowest BCUT2D eigenvalue weighted by atomic mass is 9.98. The minimum absolute atomic E-state index is 0.0189. The van der Waals surface area contributed by atoms with Crippen LogP contribution >= 0.6 is 0 Å². The van der Waals surface area contributed by atoms with Crippen LogP contribution in [0.2, 0.25) is 0 Å². The summed E-state index contributed by atoms with van der Waals surface area (Å²) in [4.78, 5) is 37.5. The normalized spacial score (nSPS) is 15.1. The topological polar surface area (TPSA) is 127 Å². The fourth-order valence-corrected chi connectivity index (χ4v) is 4.60. The Morgan fingerprint density at radius 1 is 1.11 bits per heavy atom. The summed E-state index contributed by atoms with van der Waals surface area (Å²) in [5.74, 6) is -1.54. The number of carbonyl (C=O) groups excluding carboxylic acids is 2. The maximum Gasteiger partial charge on any atom is 0.407 e. The summed E-state index contributed by atoms with van der Waals surface area (Å²) in [7, 11) is 1.46. The van der Waals surface area contributed by atoms with Crippen molar-refractivity contribution in [2.45, 2.75) is 30.8 Å². The van der Waals surface area contributed by atoms with Gasteiger partial charge in [0, 0.05) is 19.5 Å². The fourth-order valence-electron chi connectivity index (χ4n) is 4.60. The fraction of sp³-hybridized carbons (Fsp3) is 0.320. The van der Waals surface area contributed by atoms with Gasteiger partial charge in [-0.05, 0) is 35.1 Å². The quantitative estimate of drug-likeness (QED) is 0.513. The third kappa shape index (κ3) is 4.11. The van der Waals surface area contributed by atoms with Crippen LogP contribution in [-0.4, -0.2) is 68.7 Å². The van der Waals surface area contributed by atoms with Gasteiger partial charge in [-0.2, -0.15) is 0 Å². The number of carboxylic acid groups (broad SMARTS) is 1. The molecule has 1 heterocycles. The molecule has 0 spiro atoms. The Morgan fingerprint density at radius 3 is 2.34 bits per heavy atom. The summed E-state index contributed by atoms with van der Waals surface area (Å²) >= 11 is 0. The number of nitrogens with zero attached hydrogens (tertiary/aromatic N) is 4. The molecular formula is C25H25N5O5. The number of ether oxygens (including phenoxy) is 1. The van der Waals surface area contributed by atoms with Crippen LogP contribution in [0.4, 0.5) is 4.79 Å². The van der Waals surface area contributed by atoms with Crippen LogP contribution in [0.1, 0.15) is 40.4 Å². The second kappa shape index (κ2) is 8.86. The maximum atomic E-state index is 12.6. The van der Waals surface area contributed by atoms with Crippen molar-refractivity contribution in [3.8, 4) is 11.1 Å². The summed E-state index contributed by atoms with van der Waals surface area (Å²) < 4.78 is 6.93. The summed E-state index contributed by atoms with van der Waals surface area (Å²) in [6.07, 6.45) is 1.74. The van der Waals surface area contributed by atoms with Gasteiger partial charge in [0.1, 0.15) is 12.1 Å². The lowest BCUT2D eigenvalue weighted by Crippen LogP contribution is -2.44. The van der Waals surface area contributed by atoms with E-state index in [1.165, 1.54) is 22.8 Å². The van der Waals surface area contributed by atoms with Crippen LogP contribution in [0.3, 0.4) is 0 Å². The molecule has 10 nitrogen and oxygen atoms in total. The maximum absolute atomic E-state index is 12.6. The number of aromatic nitrogens is 3. The highest BCUT2D eigenvalue weighted by molar-refractivity contribution is 5.97. The van der Waals surface area contributed by atoms with Gasteiger partial charge < -0.3 is 20.1 Å². The van der Waals surface area contributed by atoms with Crippen LogP contribution < -0.4 is 5.32 Å². The molecule has 1 fully saturated rings. The summed E-state index contributed by atoms with van der Waals surface area (Å²) in [6.45, 7) is 0.723. The zero-order valence-corrected chi connectivity index (χ0v) is 19.2. The Hall–Kier alpha value is -4.21. The molecule has 0 aliphatic heterocycles. The van der Waals surface area contributed by atoms with Crippen LogP contribution in [0.5, 0.6) is 0 Å². The highest BCUT2D eigenvalue weighted by Crippen LogP contribution is 2.44. The second-order valence-electron chi connectivity index (χ2n) is 8.82. The van der Waals surface area contributed by atoms with Crippen molar-refractivity contribution < 1.29 is 24.2 Å². The van der Waals surface area contributed by atoms with Gasteiger partial charge >= 0.3 is 12.1 Å². The standard InChI is InChI=1S/C25H25N5O5/c1-29(25(10-11-25)23(32)33)22(31)21-14-30(28-27-21)13-12-26-24(34)35-15-20-18-8-4-2-6-16(18)17-7-3-5-9-19(17)20/h2-9,14,20H,10-13,15H2,1H3,(H,26,34)(H,32,33). The molecule has 0 atom stereocenters. The number of nitrogens with one attached hydrogen (secondary N) is 1. The molecule has 1 saturated carbocycles. The van der Waals surface area contributed by atoms with Crippen LogP contribution in [0, 0.1) is 0 Å². The SMILES string of the molecule is CN(C(=O)c1cn(CCNC(=O)OCC2c3ccccc3-c3ccccc32)nn1)C1(C(=O)O)CC1. The van der Waals surface area contributed by atoms with Gasteiger partial charge in [0.2, 0.25) is 0 Å². The summed E-state index contributed by atoms with van der Waals surface area (Å²) in [5.41, 5.74) is 3.52. The first-order valence-electron chi connectivity index (χ1n) is 11.4. The van der Waals surface area contributed by atoms with E-state index in [0.717, 1.165) is 22.3 Å². The van der Waals surface area contributed by atoms with Gasteiger partial charge in [-0.3, -0.25) is 4.79 Å². The molecule has 2 aliphatic rings. The molecule has 3 aromatic rings. The average molecular weight is 476 g/mol. The molecule has 35 heavy (non-hydrogen) atoms. The molecule has 2 N–H and O–H groups in total. The number of fused-ring (bicyclic) bond motifs is 3. The molecule has 2 aliphatic carbocycles. The van der Waals surface area contributed by atoms with Gasteiger partial charge in [-0.15, -0.1) is 5.10 Å². The van der Waals surface area contributed by atoms with Crippen molar-refractivity contribution in [3.63, 3.8) is 0 Å². The second-order valence-corrected chi connectivity index (χ2v) is 8.82. The predicted octanol–water partition coefficient (Wildman–Crippen LogP) is 2.51. The lowest BCUT2D eigenvalue weighted by Gasteiger charge is -2.23. The van der Waals surface area contributed by atoms with Crippen LogP contribution in [-0.2, 0) is 16.1 Å².